The number of aromatic hydroxyl groups is 1. The van der Waals surface area contributed by atoms with Crippen LogP contribution >= 0.6 is 15.9 Å². The Morgan fingerprint density at radius 1 is 1.30 bits per heavy atom. The number of likely N-dealkylation sites (tertiary alicyclic amines) is 1. The van der Waals surface area contributed by atoms with E-state index in [1.54, 1.807) is 18.2 Å². The lowest BCUT2D eigenvalue weighted by Crippen LogP contribution is -2.33. The number of phenolic OH excluding ortho intramolecular Hbond substituents is 1. The molecule has 0 aliphatic carbocycles. The Bertz CT molecular complexity index is 922. The molecule has 2 aromatic rings. The first-order valence-electron chi connectivity index (χ1n) is 9.29. The van der Waals surface area contributed by atoms with Crippen LogP contribution in [0.3, 0.4) is 0 Å². The third-order valence-corrected chi connectivity index (χ3v) is 5.95. The van der Waals surface area contributed by atoms with Crippen LogP contribution in [-0.4, -0.2) is 28.9 Å². The van der Waals surface area contributed by atoms with Gasteiger partial charge >= 0.3 is 0 Å². The van der Waals surface area contributed by atoms with Crippen molar-refractivity contribution < 1.29 is 14.6 Å². The number of halogens is 1. The zero-order valence-corrected chi connectivity index (χ0v) is 16.8. The van der Waals surface area contributed by atoms with Gasteiger partial charge < -0.3 is 9.84 Å². The first-order valence-corrected chi connectivity index (χ1v) is 10.1. The van der Waals surface area contributed by atoms with Crippen molar-refractivity contribution in [2.24, 2.45) is 5.92 Å². The van der Waals surface area contributed by atoms with Crippen LogP contribution in [0.2, 0.25) is 0 Å². The number of phenols is 1. The second-order valence-electron chi connectivity index (χ2n) is 7.38. The van der Waals surface area contributed by atoms with Gasteiger partial charge in [0.1, 0.15) is 11.5 Å². The molecule has 27 heavy (non-hydrogen) atoms. The number of benzene rings is 2. The molecule has 2 aliphatic heterocycles. The predicted molar refractivity (Wildman–Crippen MR) is 109 cm³/mol. The first kappa shape index (κ1) is 18.3. The van der Waals surface area contributed by atoms with Crippen LogP contribution in [-0.2, 0) is 6.54 Å². The third-order valence-electron chi connectivity index (χ3n) is 5.23. The molecule has 0 radical (unpaired) electrons. The van der Waals surface area contributed by atoms with Crippen LogP contribution in [0.5, 0.6) is 11.5 Å². The zero-order valence-electron chi connectivity index (χ0n) is 15.2. The van der Waals surface area contributed by atoms with E-state index in [1.807, 2.05) is 24.3 Å². The van der Waals surface area contributed by atoms with Gasteiger partial charge in [0.05, 0.1) is 11.1 Å². The molecule has 140 valence electrons. The summed E-state index contributed by atoms with van der Waals surface area (Å²) in [4.78, 5) is 15.1. The van der Waals surface area contributed by atoms with Crippen molar-refractivity contribution in [3.05, 3.63) is 63.3 Å². The van der Waals surface area contributed by atoms with Crippen molar-refractivity contribution in [3.8, 4) is 11.5 Å². The van der Waals surface area contributed by atoms with E-state index in [-0.39, 0.29) is 17.3 Å². The van der Waals surface area contributed by atoms with Crippen LogP contribution < -0.4 is 4.74 Å². The average molecular weight is 428 g/mol. The molecule has 1 atom stereocenters. The summed E-state index contributed by atoms with van der Waals surface area (Å²) in [5, 5.41) is 10.4. The van der Waals surface area contributed by atoms with E-state index in [2.05, 4.69) is 27.8 Å². The van der Waals surface area contributed by atoms with Crippen molar-refractivity contribution in [1.29, 1.82) is 0 Å². The predicted octanol–water partition coefficient (Wildman–Crippen LogP) is 5.00. The Hall–Kier alpha value is -2.11. The fourth-order valence-corrected chi connectivity index (χ4v) is 4.24. The molecule has 0 aromatic heterocycles. The number of hydrogen-bond donors (Lipinski definition) is 1. The summed E-state index contributed by atoms with van der Waals surface area (Å²) in [6.07, 6.45) is 4.14. The summed E-state index contributed by atoms with van der Waals surface area (Å²) in [5.41, 5.74) is 2.10. The van der Waals surface area contributed by atoms with Gasteiger partial charge in [-0.15, -0.1) is 0 Å². The fraction of sp³-hybridized carbons (Fsp3) is 0.318. The number of ketones is 1. The lowest BCUT2D eigenvalue weighted by Gasteiger charge is -2.31. The van der Waals surface area contributed by atoms with Gasteiger partial charge in [0.25, 0.3) is 0 Å². The van der Waals surface area contributed by atoms with E-state index >= 15 is 0 Å². The lowest BCUT2D eigenvalue weighted by atomic mass is 9.99. The number of ether oxygens (including phenoxy) is 1. The van der Waals surface area contributed by atoms with Crippen molar-refractivity contribution in [3.63, 3.8) is 0 Å². The van der Waals surface area contributed by atoms with Gasteiger partial charge in [0, 0.05) is 17.6 Å². The van der Waals surface area contributed by atoms with Crippen LogP contribution in [0.25, 0.3) is 6.08 Å². The summed E-state index contributed by atoms with van der Waals surface area (Å²) in [5.74, 6) is 1.47. The molecule has 4 nitrogen and oxygen atoms in total. The van der Waals surface area contributed by atoms with E-state index < -0.39 is 0 Å². The van der Waals surface area contributed by atoms with Gasteiger partial charge in [-0.1, -0.05) is 41.1 Å². The van der Waals surface area contributed by atoms with Crippen molar-refractivity contribution in [2.75, 3.05) is 13.1 Å². The maximum absolute atomic E-state index is 12.8. The number of allylic oxidation sites excluding steroid dienone is 1. The van der Waals surface area contributed by atoms with Gasteiger partial charge in [-0.25, -0.2) is 0 Å². The Morgan fingerprint density at radius 2 is 2.11 bits per heavy atom. The highest BCUT2D eigenvalue weighted by Gasteiger charge is 2.32. The minimum absolute atomic E-state index is 0.144. The van der Waals surface area contributed by atoms with Crippen LogP contribution in [0.15, 0.2) is 46.6 Å². The second-order valence-corrected chi connectivity index (χ2v) is 8.24. The number of carbonyl (C=O) groups excluding carboxylic acids is 1. The van der Waals surface area contributed by atoms with Gasteiger partial charge in [0.2, 0.25) is 5.78 Å². The Balaban J connectivity index is 1.66. The van der Waals surface area contributed by atoms with Crippen molar-refractivity contribution >= 4 is 27.8 Å². The number of Topliss-reactive ketones (excluding diaryl/α,β-unsaturated/α-hetero) is 1. The van der Waals surface area contributed by atoms with E-state index in [0.717, 1.165) is 29.5 Å². The highest BCUT2D eigenvalue weighted by atomic mass is 79.9. The number of piperidine rings is 1. The summed E-state index contributed by atoms with van der Waals surface area (Å²) in [6, 6.07) is 10.9. The van der Waals surface area contributed by atoms with Crippen LogP contribution in [0, 0.1) is 5.92 Å². The Morgan fingerprint density at radius 3 is 2.89 bits per heavy atom. The van der Waals surface area contributed by atoms with E-state index in [9.17, 15) is 9.90 Å². The zero-order chi connectivity index (χ0) is 19.0. The normalized spacial score (nSPS) is 21.3. The molecule has 1 unspecified atom stereocenters. The summed E-state index contributed by atoms with van der Waals surface area (Å²) >= 11 is 3.50. The number of fused-ring (bicyclic) bond motifs is 1. The molecule has 2 aromatic carbocycles. The highest BCUT2D eigenvalue weighted by Crippen LogP contribution is 2.40. The number of nitrogens with zero attached hydrogens (tertiary/aromatic N) is 1. The summed E-state index contributed by atoms with van der Waals surface area (Å²) < 4.78 is 6.86. The first-order chi connectivity index (χ1) is 13.0. The van der Waals surface area contributed by atoms with Crippen LogP contribution in [0.4, 0.5) is 0 Å². The topological polar surface area (TPSA) is 49.8 Å². The van der Waals surface area contributed by atoms with Gasteiger partial charge in [-0.3, -0.25) is 9.69 Å². The summed E-state index contributed by atoms with van der Waals surface area (Å²) in [7, 11) is 0. The monoisotopic (exact) mass is 427 g/mol. The van der Waals surface area contributed by atoms with Gasteiger partial charge in [-0.05, 0) is 55.1 Å². The molecule has 2 aliphatic rings. The molecule has 5 heteroatoms. The molecule has 2 heterocycles. The summed E-state index contributed by atoms with van der Waals surface area (Å²) in [6.45, 7) is 4.84. The maximum atomic E-state index is 12.8. The second kappa shape index (κ2) is 7.49. The number of hydrogen-bond acceptors (Lipinski definition) is 4. The Labute approximate surface area is 167 Å². The largest absolute Gasteiger partial charge is 0.507 e. The molecule has 0 saturated carbocycles. The van der Waals surface area contributed by atoms with E-state index in [4.69, 9.17) is 4.74 Å². The maximum Gasteiger partial charge on any atom is 0.231 e. The smallest absolute Gasteiger partial charge is 0.231 e. The molecule has 4 rings (SSSR count). The third kappa shape index (κ3) is 3.66. The van der Waals surface area contributed by atoms with Crippen LogP contribution in [0.1, 0.15) is 41.3 Å². The van der Waals surface area contributed by atoms with E-state index in [0.29, 0.717) is 29.3 Å². The average Bonchev–Trinajstić information content (AvgIpc) is 2.96. The van der Waals surface area contributed by atoms with Crippen molar-refractivity contribution in [1.82, 2.24) is 4.90 Å². The van der Waals surface area contributed by atoms with Crippen molar-refractivity contribution in [2.45, 2.75) is 26.3 Å². The molecular formula is C22H22BrNO3. The molecule has 0 bridgehead atoms. The lowest BCUT2D eigenvalue weighted by molar-refractivity contribution is 0.101. The van der Waals surface area contributed by atoms with Gasteiger partial charge in [-0.2, -0.15) is 0 Å². The molecular weight excluding hydrogens is 406 g/mol. The highest BCUT2D eigenvalue weighted by molar-refractivity contribution is 9.10. The molecule has 1 fully saturated rings. The van der Waals surface area contributed by atoms with Gasteiger partial charge in [0.15, 0.2) is 5.76 Å². The molecule has 0 amide bonds. The fourth-order valence-electron chi connectivity index (χ4n) is 3.84. The number of rotatable bonds is 3. The Kier molecular flexibility index (Phi) is 5.06. The standard InChI is InChI=1S/C22H22BrNO3/c1-14-5-4-10-24(12-14)13-17-19(25)9-8-16-21(26)20(27-22(16)17)11-15-6-2-3-7-18(15)23/h2-3,6-9,11,14,25H,4-5,10,12-13H2,1H3/b20-11+. The minimum atomic E-state index is -0.144. The molecule has 0 spiro atoms. The molecule has 1 saturated heterocycles. The molecule has 1 N–H and O–H groups in total. The number of carbonyl (C=O) groups is 1. The quantitative estimate of drug-likeness (QED) is 0.699. The minimum Gasteiger partial charge on any atom is -0.507 e. The van der Waals surface area contributed by atoms with E-state index in [1.165, 1.54) is 6.42 Å². The SMILES string of the molecule is CC1CCCN(Cc2c(O)ccc3c2O/C(=C/c2ccccc2Br)C3=O)C1.